The summed E-state index contributed by atoms with van der Waals surface area (Å²) in [5, 5.41) is 2.85. The Bertz CT molecular complexity index is 364. The van der Waals surface area contributed by atoms with Crippen molar-refractivity contribution in [3.8, 4) is 0 Å². The molecule has 0 aliphatic carbocycles. The Hall–Kier alpha value is -1.39. The predicted molar refractivity (Wildman–Crippen MR) is 67.3 cm³/mol. The van der Waals surface area contributed by atoms with E-state index in [0.29, 0.717) is 19.6 Å². The van der Waals surface area contributed by atoms with Crippen molar-refractivity contribution in [2.75, 3.05) is 7.11 Å². The lowest BCUT2D eigenvalue weighted by molar-refractivity contribution is -0.121. The SMILES string of the molecule is COCc1ccccc1CNC(=O)CC(C)N. The quantitative estimate of drug-likeness (QED) is 0.779. The lowest BCUT2D eigenvalue weighted by atomic mass is 10.1. The first-order chi connectivity index (χ1) is 8.13. The van der Waals surface area contributed by atoms with Gasteiger partial charge in [0.2, 0.25) is 5.91 Å². The highest BCUT2D eigenvalue weighted by Crippen LogP contribution is 2.09. The zero-order valence-electron chi connectivity index (χ0n) is 10.4. The van der Waals surface area contributed by atoms with Gasteiger partial charge in [0.25, 0.3) is 0 Å². The van der Waals surface area contributed by atoms with Crippen LogP contribution < -0.4 is 11.1 Å². The van der Waals surface area contributed by atoms with Gasteiger partial charge in [0, 0.05) is 26.1 Å². The smallest absolute Gasteiger partial charge is 0.221 e. The Balaban J connectivity index is 2.53. The Kier molecular flexibility index (Phi) is 5.66. The second-order valence-electron chi connectivity index (χ2n) is 4.16. The molecule has 0 aromatic heterocycles. The molecule has 0 aliphatic heterocycles. The topological polar surface area (TPSA) is 64.3 Å². The normalized spacial score (nSPS) is 12.2. The molecule has 0 radical (unpaired) electrons. The van der Waals surface area contributed by atoms with E-state index in [0.717, 1.165) is 11.1 Å². The fourth-order valence-corrected chi connectivity index (χ4v) is 1.58. The molecule has 0 fully saturated rings. The maximum Gasteiger partial charge on any atom is 0.221 e. The van der Waals surface area contributed by atoms with Crippen molar-refractivity contribution in [3.05, 3.63) is 35.4 Å². The van der Waals surface area contributed by atoms with Crippen LogP contribution in [0.25, 0.3) is 0 Å². The van der Waals surface area contributed by atoms with Crippen molar-refractivity contribution in [2.45, 2.75) is 32.5 Å². The van der Waals surface area contributed by atoms with Crippen LogP contribution in [0.4, 0.5) is 0 Å². The van der Waals surface area contributed by atoms with Crippen molar-refractivity contribution in [3.63, 3.8) is 0 Å². The second-order valence-corrected chi connectivity index (χ2v) is 4.16. The van der Waals surface area contributed by atoms with E-state index in [4.69, 9.17) is 10.5 Å². The highest BCUT2D eigenvalue weighted by atomic mass is 16.5. The van der Waals surface area contributed by atoms with Crippen molar-refractivity contribution < 1.29 is 9.53 Å². The fraction of sp³-hybridized carbons (Fsp3) is 0.462. The number of hydrogen-bond acceptors (Lipinski definition) is 3. The first kappa shape index (κ1) is 13.7. The van der Waals surface area contributed by atoms with Crippen LogP contribution in [0.1, 0.15) is 24.5 Å². The van der Waals surface area contributed by atoms with Crippen LogP contribution in [-0.4, -0.2) is 19.1 Å². The van der Waals surface area contributed by atoms with Crippen LogP contribution in [0.5, 0.6) is 0 Å². The molecule has 0 saturated heterocycles. The maximum atomic E-state index is 11.5. The van der Waals surface area contributed by atoms with Gasteiger partial charge in [0.15, 0.2) is 0 Å². The Morgan fingerprint density at radius 3 is 2.65 bits per heavy atom. The minimum Gasteiger partial charge on any atom is -0.380 e. The van der Waals surface area contributed by atoms with E-state index in [-0.39, 0.29) is 11.9 Å². The van der Waals surface area contributed by atoms with Gasteiger partial charge in [-0.3, -0.25) is 4.79 Å². The molecule has 0 heterocycles. The average Bonchev–Trinajstić information content (AvgIpc) is 2.27. The molecule has 3 N–H and O–H groups in total. The number of rotatable bonds is 6. The molecule has 4 heteroatoms. The molecule has 0 aliphatic rings. The molecule has 17 heavy (non-hydrogen) atoms. The van der Waals surface area contributed by atoms with Gasteiger partial charge in [-0.05, 0) is 18.1 Å². The third-order valence-electron chi connectivity index (χ3n) is 2.40. The second kappa shape index (κ2) is 7.04. The van der Waals surface area contributed by atoms with Crippen LogP contribution in [0.15, 0.2) is 24.3 Å². The van der Waals surface area contributed by atoms with Crippen molar-refractivity contribution in [2.24, 2.45) is 5.73 Å². The monoisotopic (exact) mass is 236 g/mol. The van der Waals surface area contributed by atoms with E-state index in [2.05, 4.69) is 5.32 Å². The molecule has 0 spiro atoms. The first-order valence-electron chi connectivity index (χ1n) is 5.71. The minimum atomic E-state index is -0.107. The van der Waals surface area contributed by atoms with Crippen LogP contribution in [0.2, 0.25) is 0 Å². The summed E-state index contributed by atoms with van der Waals surface area (Å²) in [5.41, 5.74) is 7.73. The number of carbonyl (C=O) groups is 1. The molecule has 0 saturated carbocycles. The molecular weight excluding hydrogens is 216 g/mol. The number of benzene rings is 1. The number of carbonyl (C=O) groups excluding carboxylic acids is 1. The third kappa shape index (κ3) is 4.97. The zero-order valence-corrected chi connectivity index (χ0v) is 10.4. The summed E-state index contributed by atoms with van der Waals surface area (Å²) >= 11 is 0. The van der Waals surface area contributed by atoms with Gasteiger partial charge in [0.1, 0.15) is 0 Å². The van der Waals surface area contributed by atoms with Crippen molar-refractivity contribution in [1.82, 2.24) is 5.32 Å². The van der Waals surface area contributed by atoms with E-state index in [1.807, 2.05) is 31.2 Å². The number of nitrogens with two attached hydrogens (primary N) is 1. The number of nitrogens with one attached hydrogen (secondary N) is 1. The lowest BCUT2D eigenvalue weighted by Gasteiger charge is -2.11. The zero-order chi connectivity index (χ0) is 12.7. The lowest BCUT2D eigenvalue weighted by Crippen LogP contribution is -2.29. The van der Waals surface area contributed by atoms with Gasteiger partial charge in [-0.2, -0.15) is 0 Å². The molecule has 1 rings (SSSR count). The molecule has 0 bridgehead atoms. The highest BCUT2D eigenvalue weighted by molar-refractivity contribution is 5.76. The van der Waals surface area contributed by atoms with E-state index in [1.54, 1.807) is 7.11 Å². The summed E-state index contributed by atoms with van der Waals surface area (Å²) < 4.78 is 5.11. The summed E-state index contributed by atoms with van der Waals surface area (Å²) in [6.45, 7) is 2.89. The molecule has 1 atom stereocenters. The van der Waals surface area contributed by atoms with E-state index < -0.39 is 0 Å². The third-order valence-corrected chi connectivity index (χ3v) is 2.40. The summed E-state index contributed by atoms with van der Waals surface area (Å²) in [6.07, 6.45) is 0.354. The molecule has 1 unspecified atom stereocenters. The van der Waals surface area contributed by atoms with Crippen molar-refractivity contribution in [1.29, 1.82) is 0 Å². The largest absolute Gasteiger partial charge is 0.380 e. The number of methoxy groups -OCH3 is 1. The molecule has 4 nitrogen and oxygen atoms in total. The molecule has 1 aromatic rings. The summed E-state index contributed by atoms with van der Waals surface area (Å²) in [5.74, 6) is -0.0211. The molecule has 1 amide bonds. The number of ether oxygens (including phenoxy) is 1. The first-order valence-corrected chi connectivity index (χ1v) is 5.71. The summed E-state index contributed by atoms with van der Waals surface area (Å²) in [4.78, 5) is 11.5. The van der Waals surface area contributed by atoms with Crippen molar-refractivity contribution >= 4 is 5.91 Å². The van der Waals surface area contributed by atoms with Crippen LogP contribution in [-0.2, 0) is 22.7 Å². The van der Waals surface area contributed by atoms with Gasteiger partial charge in [0.05, 0.1) is 6.61 Å². The summed E-state index contributed by atoms with van der Waals surface area (Å²) in [7, 11) is 1.66. The Morgan fingerprint density at radius 2 is 2.06 bits per heavy atom. The van der Waals surface area contributed by atoms with Gasteiger partial charge in [-0.25, -0.2) is 0 Å². The van der Waals surface area contributed by atoms with E-state index in [9.17, 15) is 4.79 Å². The highest BCUT2D eigenvalue weighted by Gasteiger charge is 2.06. The Labute approximate surface area is 102 Å². The van der Waals surface area contributed by atoms with Crippen LogP contribution >= 0.6 is 0 Å². The number of hydrogen-bond donors (Lipinski definition) is 2. The van der Waals surface area contributed by atoms with Crippen LogP contribution in [0.3, 0.4) is 0 Å². The minimum absolute atomic E-state index is 0.0211. The summed E-state index contributed by atoms with van der Waals surface area (Å²) in [6, 6.07) is 7.79. The average molecular weight is 236 g/mol. The van der Waals surface area contributed by atoms with Gasteiger partial charge < -0.3 is 15.8 Å². The maximum absolute atomic E-state index is 11.5. The number of amides is 1. The van der Waals surface area contributed by atoms with Gasteiger partial charge in [-0.1, -0.05) is 24.3 Å². The van der Waals surface area contributed by atoms with E-state index in [1.165, 1.54) is 0 Å². The molecule has 1 aromatic carbocycles. The predicted octanol–water partition coefficient (Wildman–Crippen LogP) is 1.19. The van der Waals surface area contributed by atoms with E-state index >= 15 is 0 Å². The van der Waals surface area contributed by atoms with Gasteiger partial charge >= 0.3 is 0 Å². The van der Waals surface area contributed by atoms with Gasteiger partial charge in [-0.15, -0.1) is 0 Å². The fourth-order valence-electron chi connectivity index (χ4n) is 1.58. The molecular formula is C13H20N2O2. The molecule has 94 valence electrons. The standard InChI is InChI=1S/C13H20N2O2/c1-10(14)7-13(16)15-8-11-5-3-4-6-12(11)9-17-2/h3-6,10H,7-9,14H2,1-2H3,(H,15,16). The van der Waals surface area contributed by atoms with Crippen LogP contribution in [0, 0.1) is 0 Å². The Morgan fingerprint density at radius 1 is 1.41 bits per heavy atom.